The van der Waals surface area contributed by atoms with Gasteiger partial charge in [0.15, 0.2) is 17.5 Å². The van der Waals surface area contributed by atoms with Crippen LogP contribution in [0, 0.1) is 0 Å². The van der Waals surface area contributed by atoms with E-state index in [0.717, 1.165) is 69.5 Å². The zero-order chi connectivity index (χ0) is 17.5. The van der Waals surface area contributed by atoms with Gasteiger partial charge in [0.05, 0.1) is 6.10 Å². The van der Waals surface area contributed by atoms with Crippen molar-refractivity contribution in [2.75, 3.05) is 39.6 Å². The van der Waals surface area contributed by atoms with E-state index in [4.69, 9.17) is 19.2 Å². The highest BCUT2D eigenvalue weighted by molar-refractivity contribution is 5.80. The predicted octanol–water partition coefficient (Wildman–Crippen LogP) is 2.42. The van der Waals surface area contributed by atoms with Crippen molar-refractivity contribution in [2.45, 2.75) is 39.2 Å². The van der Waals surface area contributed by atoms with E-state index in [9.17, 15) is 0 Å². The van der Waals surface area contributed by atoms with Crippen LogP contribution in [0.25, 0.3) is 0 Å². The molecule has 2 heterocycles. The summed E-state index contributed by atoms with van der Waals surface area (Å²) >= 11 is 0. The summed E-state index contributed by atoms with van der Waals surface area (Å²) in [5.41, 5.74) is 1.22. The number of likely N-dealkylation sites (tertiary alicyclic amines) is 1. The van der Waals surface area contributed by atoms with Gasteiger partial charge < -0.3 is 24.4 Å². The molecule has 138 valence electrons. The van der Waals surface area contributed by atoms with Gasteiger partial charge in [-0.1, -0.05) is 6.07 Å². The van der Waals surface area contributed by atoms with Crippen LogP contribution in [-0.4, -0.2) is 56.5 Å². The first-order chi connectivity index (χ1) is 12.3. The number of aliphatic imine (C=N–C) groups is 1. The summed E-state index contributed by atoms with van der Waals surface area (Å²) in [4.78, 5) is 7.16. The van der Waals surface area contributed by atoms with Crippen LogP contribution in [0.4, 0.5) is 0 Å². The average Bonchev–Trinajstić information content (AvgIpc) is 3.10. The second-order valence-corrected chi connectivity index (χ2v) is 6.32. The Kier molecular flexibility index (Phi) is 6.39. The second kappa shape index (κ2) is 8.94. The number of hydrogen-bond donors (Lipinski definition) is 1. The van der Waals surface area contributed by atoms with E-state index in [1.54, 1.807) is 0 Å². The number of hydrogen-bond acceptors (Lipinski definition) is 4. The SMILES string of the molecule is CCNC(=NCCc1ccc2c(c1)OCO2)N1CCC(OCC)CC1. The monoisotopic (exact) mass is 347 g/mol. The fourth-order valence-electron chi connectivity index (χ4n) is 3.28. The molecule has 0 aliphatic carbocycles. The fraction of sp³-hybridized carbons (Fsp3) is 0.632. The van der Waals surface area contributed by atoms with E-state index in [1.807, 2.05) is 6.07 Å². The molecule has 25 heavy (non-hydrogen) atoms. The summed E-state index contributed by atoms with van der Waals surface area (Å²) in [6, 6.07) is 6.12. The Balaban J connectivity index is 1.53. The Morgan fingerprint density at radius 3 is 2.80 bits per heavy atom. The first-order valence-electron chi connectivity index (χ1n) is 9.33. The molecule has 0 atom stereocenters. The van der Waals surface area contributed by atoms with Crippen molar-refractivity contribution in [2.24, 2.45) is 4.99 Å². The zero-order valence-corrected chi connectivity index (χ0v) is 15.3. The maximum absolute atomic E-state index is 5.74. The smallest absolute Gasteiger partial charge is 0.231 e. The van der Waals surface area contributed by atoms with Gasteiger partial charge in [0.2, 0.25) is 6.79 Å². The molecule has 1 aromatic rings. The van der Waals surface area contributed by atoms with Gasteiger partial charge in [-0.3, -0.25) is 4.99 Å². The summed E-state index contributed by atoms with van der Waals surface area (Å²) in [5, 5.41) is 3.42. The molecule has 0 aromatic heterocycles. The summed E-state index contributed by atoms with van der Waals surface area (Å²) in [6.07, 6.45) is 3.43. The lowest BCUT2D eigenvalue weighted by molar-refractivity contribution is 0.0264. The molecule has 0 spiro atoms. The summed E-state index contributed by atoms with van der Waals surface area (Å²) < 4.78 is 16.5. The predicted molar refractivity (Wildman–Crippen MR) is 98.5 cm³/mol. The van der Waals surface area contributed by atoms with E-state index in [-0.39, 0.29) is 0 Å². The minimum Gasteiger partial charge on any atom is -0.454 e. The van der Waals surface area contributed by atoms with Crippen LogP contribution in [-0.2, 0) is 11.2 Å². The summed E-state index contributed by atoms with van der Waals surface area (Å²) in [7, 11) is 0. The summed E-state index contributed by atoms with van der Waals surface area (Å²) in [5.74, 6) is 2.68. The van der Waals surface area contributed by atoms with Crippen LogP contribution >= 0.6 is 0 Å². The third-order valence-corrected chi connectivity index (χ3v) is 4.58. The normalized spacial score (nSPS) is 17.8. The van der Waals surface area contributed by atoms with Crippen LogP contribution in [0.5, 0.6) is 11.5 Å². The lowest BCUT2D eigenvalue weighted by Gasteiger charge is -2.34. The average molecular weight is 347 g/mol. The van der Waals surface area contributed by atoms with Gasteiger partial charge >= 0.3 is 0 Å². The molecular weight excluding hydrogens is 318 g/mol. The molecule has 1 aromatic carbocycles. The quantitative estimate of drug-likeness (QED) is 0.633. The van der Waals surface area contributed by atoms with Gasteiger partial charge in [0.1, 0.15) is 0 Å². The molecule has 0 unspecified atom stereocenters. The maximum atomic E-state index is 5.74. The Labute approximate surface area is 150 Å². The Morgan fingerprint density at radius 2 is 2.04 bits per heavy atom. The Bertz CT molecular complexity index is 583. The minimum atomic E-state index is 0.319. The molecule has 1 N–H and O–H groups in total. The lowest BCUT2D eigenvalue weighted by Crippen LogP contribution is -2.47. The van der Waals surface area contributed by atoms with Crippen LogP contribution in [0.15, 0.2) is 23.2 Å². The van der Waals surface area contributed by atoms with Gasteiger partial charge in [-0.05, 0) is 50.8 Å². The van der Waals surface area contributed by atoms with Crippen LogP contribution in [0.2, 0.25) is 0 Å². The van der Waals surface area contributed by atoms with Gasteiger partial charge in [0.25, 0.3) is 0 Å². The molecule has 2 aliphatic heterocycles. The van der Waals surface area contributed by atoms with Crippen molar-refractivity contribution in [1.82, 2.24) is 10.2 Å². The molecule has 0 amide bonds. The van der Waals surface area contributed by atoms with Crippen molar-refractivity contribution in [1.29, 1.82) is 0 Å². The second-order valence-electron chi connectivity index (χ2n) is 6.32. The Morgan fingerprint density at radius 1 is 1.24 bits per heavy atom. The molecular formula is C19H29N3O3. The molecule has 6 nitrogen and oxygen atoms in total. The first-order valence-corrected chi connectivity index (χ1v) is 9.33. The Hall–Kier alpha value is -1.95. The minimum absolute atomic E-state index is 0.319. The van der Waals surface area contributed by atoms with E-state index >= 15 is 0 Å². The molecule has 0 radical (unpaired) electrons. The van der Waals surface area contributed by atoms with E-state index < -0.39 is 0 Å². The van der Waals surface area contributed by atoms with Crippen molar-refractivity contribution in [3.63, 3.8) is 0 Å². The van der Waals surface area contributed by atoms with E-state index in [0.29, 0.717) is 12.9 Å². The standard InChI is InChI=1S/C19H29N3O3/c1-3-20-19(22-11-8-16(9-12-22)23-4-2)21-10-7-15-5-6-17-18(13-15)25-14-24-17/h5-6,13,16H,3-4,7-12,14H2,1-2H3,(H,20,21). The number of rotatable bonds is 6. The number of guanidine groups is 1. The highest BCUT2D eigenvalue weighted by atomic mass is 16.7. The van der Waals surface area contributed by atoms with Crippen molar-refractivity contribution in [3.05, 3.63) is 23.8 Å². The molecule has 1 fully saturated rings. The van der Waals surface area contributed by atoms with Crippen LogP contribution in [0.3, 0.4) is 0 Å². The molecule has 3 rings (SSSR count). The highest BCUT2D eigenvalue weighted by Crippen LogP contribution is 2.32. The van der Waals surface area contributed by atoms with Gasteiger partial charge in [0, 0.05) is 32.8 Å². The van der Waals surface area contributed by atoms with Crippen molar-refractivity contribution >= 4 is 5.96 Å². The topological polar surface area (TPSA) is 55.3 Å². The number of ether oxygens (including phenoxy) is 3. The van der Waals surface area contributed by atoms with Gasteiger partial charge in [-0.25, -0.2) is 0 Å². The molecule has 2 aliphatic rings. The lowest BCUT2D eigenvalue weighted by atomic mass is 10.1. The van der Waals surface area contributed by atoms with Crippen molar-refractivity contribution in [3.8, 4) is 11.5 Å². The van der Waals surface area contributed by atoms with Crippen molar-refractivity contribution < 1.29 is 14.2 Å². The third kappa shape index (κ3) is 4.78. The number of piperidine rings is 1. The van der Waals surface area contributed by atoms with Gasteiger partial charge in [-0.2, -0.15) is 0 Å². The molecule has 1 saturated heterocycles. The number of nitrogens with zero attached hydrogens (tertiary/aromatic N) is 2. The largest absolute Gasteiger partial charge is 0.454 e. The molecule has 6 heteroatoms. The van der Waals surface area contributed by atoms with Gasteiger partial charge in [-0.15, -0.1) is 0 Å². The highest BCUT2D eigenvalue weighted by Gasteiger charge is 2.21. The zero-order valence-electron chi connectivity index (χ0n) is 15.3. The number of benzene rings is 1. The molecule has 0 saturated carbocycles. The fourth-order valence-corrected chi connectivity index (χ4v) is 3.28. The van der Waals surface area contributed by atoms with E-state index in [1.165, 1.54) is 5.56 Å². The number of nitrogens with one attached hydrogen (secondary N) is 1. The van der Waals surface area contributed by atoms with Crippen LogP contribution < -0.4 is 14.8 Å². The maximum Gasteiger partial charge on any atom is 0.231 e. The number of fused-ring (bicyclic) bond motifs is 1. The summed E-state index contributed by atoms with van der Waals surface area (Å²) in [6.45, 7) is 8.94. The van der Waals surface area contributed by atoms with E-state index in [2.05, 4.69) is 36.2 Å². The van der Waals surface area contributed by atoms with Crippen LogP contribution in [0.1, 0.15) is 32.3 Å². The third-order valence-electron chi connectivity index (χ3n) is 4.58. The molecule has 0 bridgehead atoms. The first kappa shape index (κ1) is 17.9.